The summed E-state index contributed by atoms with van der Waals surface area (Å²) in [5.74, 6) is 0.135. The SMILES string of the molecule is Cc1ccc(C(C)N(C)C(=O)CCc2ccccc2N)cc1.Cl. The van der Waals surface area contributed by atoms with Gasteiger partial charge in [0, 0.05) is 19.2 Å². The van der Waals surface area contributed by atoms with Gasteiger partial charge in [0.2, 0.25) is 5.91 Å². The third kappa shape index (κ3) is 5.00. The summed E-state index contributed by atoms with van der Waals surface area (Å²) in [4.78, 5) is 14.2. The molecule has 0 bridgehead atoms. The number of halogens is 1. The molecule has 1 unspecified atom stereocenters. The number of rotatable bonds is 5. The van der Waals surface area contributed by atoms with Gasteiger partial charge >= 0.3 is 0 Å². The third-order valence-electron chi connectivity index (χ3n) is 4.20. The molecule has 0 saturated heterocycles. The van der Waals surface area contributed by atoms with Crippen LogP contribution < -0.4 is 5.73 Å². The van der Waals surface area contributed by atoms with E-state index in [1.54, 1.807) is 0 Å². The van der Waals surface area contributed by atoms with E-state index in [9.17, 15) is 4.79 Å². The second-order valence-electron chi connectivity index (χ2n) is 5.79. The summed E-state index contributed by atoms with van der Waals surface area (Å²) in [7, 11) is 1.86. The van der Waals surface area contributed by atoms with Crippen molar-refractivity contribution in [1.29, 1.82) is 0 Å². The zero-order valence-electron chi connectivity index (χ0n) is 14.0. The second kappa shape index (κ2) is 8.59. The molecule has 0 radical (unpaired) electrons. The predicted molar refractivity (Wildman–Crippen MR) is 98.8 cm³/mol. The number of anilines is 1. The van der Waals surface area contributed by atoms with E-state index in [-0.39, 0.29) is 24.4 Å². The summed E-state index contributed by atoms with van der Waals surface area (Å²) in [6.07, 6.45) is 1.15. The monoisotopic (exact) mass is 332 g/mol. The number of hydrogen-bond donors (Lipinski definition) is 1. The van der Waals surface area contributed by atoms with Gasteiger partial charge in [0.1, 0.15) is 0 Å². The molecule has 0 fully saturated rings. The van der Waals surface area contributed by atoms with Crippen LogP contribution in [0.3, 0.4) is 0 Å². The van der Waals surface area contributed by atoms with Gasteiger partial charge in [-0.3, -0.25) is 4.79 Å². The van der Waals surface area contributed by atoms with Crippen molar-refractivity contribution >= 4 is 24.0 Å². The normalized spacial score (nSPS) is 11.4. The van der Waals surface area contributed by atoms with Crippen molar-refractivity contribution in [1.82, 2.24) is 4.90 Å². The van der Waals surface area contributed by atoms with Crippen LogP contribution in [0.1, 0.15) is 36.1 Å². The van der Waals surface area contributed by atoms with Gasteiger partial charge in [-0.05, 0) is 37.5 Å². The molecule has 1 atom stereocenters. The number of para-hydroxylation sites is 1. The van der Waals surface area contributed by atoms with Crippen LogP contribution in [-0.2, 0) is 11.2 Å². The van der Waals surface area contributed by atoms with Gasteiger partial charge < -0.3 is 10.6 Å². The first kappa shape index (κ1) is 19.0. The van der Waals surface area contributed by atoms with Crippen molar-refractivity contribution in [2.75, 3.05) is 12.8 Å². The summed E-state index contributed by atoms with van der Waals surface area (Å²) in [5, 5.41) is 0. The molecule has 0 saturated carbocycles. The van der Waals surface area contributed by atoms with Crippen LogP contribution in [0.15, 0.2) is 48.5 Å². The minimum Gasteiger partial charge on any atom is -0.399 e. The minimum absolute atomic E-state index is 0. The van der Waals surface area contributed by atoms with Crippen LogP contribution in [0.5, 0.6) is 0 Å². The van der Waals surface area contributed by atoms with Crippen LogP contribution in [0.4, 0.5) is 5.69 Å². The van der Waals surface area contributed by atoms with E-state index in [4.69, 9.17) is 5.73 Å². The molecule has 2 aromatic carbocycles. The summed E-state index contributed by atoms with van der Waals surface area (Å²) in [5.41, 5.74) is 10.1. The Morgan fingerprint density at radius 3 is 2.35 bits per heavy atom. The van der Waals surface area contributed by atoms with Gasteiger partial charge in [-0.15, -0.1) is 12.4 Å². The summed E-state index contributed by atoms with van der Waals surface area (Å²) < 4.78 is 0. The smallest absolute Gasteiger partial charge is 0.223 e. The number of amides is 1. The predicted octanol–water partition coefficient (Wildman–Crippen LogP) is 4.15. The summed E-state index contributed by atoms with van der Waals surface area (Å²) in [6, 6.07) is 16.1. The number of carbonyl (C=O) groups excluding carboxylic acids is 1. The van der Waals surface area contributed by atoms with Crippen LogP contribution in [0.25, 0.3) is 0 Å². The highest BCUT2D eigenvalue weighted by Crippen LogP contribution is 2.21. The Hall–Kier alpha value is -2.00. The molecule has 4 heteroatoms. The van der Waals surface area contributed by atoms with Crippen molar-refractivity contribution < 1.29 is 4.79 Å². The highest BCUT2D eigenvalue weighted by atomic mass is 35.5. The highest BCUT2D eigenvalue weighted by Gasteiger charge is 2.17. The molecule has 0 aromatic heterocycles. The van der Waals surface area contributed by atoms with Gasteiger partial charge in [-0.25, -0.2) is 0 Å². The molecule has 0 aliphatic rings. The maximum atomic E-state index is 12.4. The van der Waals surface area contributed by atoms with E-state index >= 15 is 0 Å². The molecule has 2 aromatic rings. The lowest BCUT2D eigenvalue weighted by atomic mass is 10.0. The van der Waals surface area contributed by atoms with Crippen molar-refractivity contribution in [3.05, 3.63) is 65.2 Å². The number of hydrogen-bond acceptors (Lipinski definition) is 2. The molecule has 1 amide bonds. The number of benzene rings is 2. The molecular weight excluding hydrogens is 308 g/mol. The Balaban J connectivity index is 0.00000264. The number of nitrogens with two attached hydrogens (primary N) is 1. The number of nitrogens with zero attached hydrogens (tertiary/aromatic N) is 1. The first-order valence-electron chi connectivity index (χ1n) is 7.64. The first-order chi connectivity index (χ1) is 10.5. The van der Waals surface area contributed by atoms with E-state index in [0.29, 0.717) is 12.8 Å². The van der Waals surface area contributed by atoms with E-state index in [1.165, 1.54) is 5.56 Å². The van der Waals surface area contributed by atoms with E-state index in [0.717, 1.165) is 16.8 Å². The molecule has 0 heterocycles. The van der Waals surface area contributed by atoms with Crippen molar-refractivity contribution in [2.24, 2.45) is 0 Å². The molecule has 2 rings (SSSR count). The molecule has 0 spiro atoms. The van der Waals surface area contributed by atoms with Crippen molar-refractivity contribution in [3.63, 3.8) is 0 Å². The maximum Gasteiger partial charge on any atom is 0.223 e. The molecule has 2 N–H and O–H groups in total. The topological polar surface area (TPSA) is 46.3 Å². The molecule has 124 valence electrons. The fraction of sp³-hybridized carbons (Fsp3) is 0.316. The van der Waals surface area contributed by atoms with Gasteiger partial charge in [-0.1, -0.05) is 48.0 Å². The second-order valence-corrected chi connectivity index (χ2v) is 5.79. The van der Waals surface area contributed by atoms with E-state index in [2.05, 4.69) is 38.1 Å². The number of nitrogen functional groups attached to an aromatic ring is 1. The Morgan fingerprint density at radius 2 is 1.74 bits per heavy atom. The third-order valence-corrected chi connectivity index (χ3v) is 4.20. The van der Waals surface area contributed by atoms with Crippen LogP contribution in [0, 0.1) is 6.92 Å². The first-order valence-corrected chi connectivity index (χ1v) is 7.64. The fourth-order valence-electron chi connectivity index (χ4n) is 2.46. The van der Waals surface area contributed by atoms with Gasteiger partial charge in [0.15, 0.2) is 0 Å². The Morgan fingerprint density at radius 1 is 1.13 bits per heavy atom. The molecule has 0 aliphatic carbocycles. The zero-order chi connectivity index (χ0) is 16.1. The Labute approximate surface area is 144 Å². The quantitative estimate of drug-likeness (QED) is 0.836. The van der Waals surface area contributed by atoms with Crippen LogP contribution >= 0.6 is 12.4 Å². The van der Waals surface area contributed by atoms with Crippen LogP contribution in [0.2, 0.25) is 0 Å². The number of aryl methyl sites for hydroxylation is 2. The maximum absolute atomic E-state index is 12.4. The molecule has 3 nitrogen and oxygen atoms in total. The lowest BCUT2D eigenvalue weighted by Crippen LogP contribution is -2.29. The zero-order valence-corrected chi connectivity index (χ0v) is 14.8. The highest BCUT2D eigenvalue weighted by molar-refractivity contribution is 5.85. The molecule has 23 heavy (non-hydrogen) atoms. The van der Waals surface area contributed by atoms with Gasteiger partial charge in [0.05, 0.1) is 6.04 Å². The van der Waals surface area contributed by atoms with E-state index in [1.807, 2.05) is 36.2 Å². The van der Waals surface area contributed by atoms with Gasteiger partial charge in [0.25, 0.3) is 0 Å². The van der Waals surface area contributed by atoms with Gasteiger partial charge in [-0.2, -0.15) is 0 Å². The Kier molecular flexibility index (Phi) is 7.11. The standard InChI is InChI=1S/C19H24N2O.ClH/c1-14-8-10-16(11-9-14)15(2)21(3)19(22)13-12-17-6-4-5-7-18(17)20;/h4-11,15H,12-13,20H2,1-3H3;1H. The lowest BCUT2D eigenvalue weighted by molar-refractivity contribution is -0.131. The molecule has 0 aliphatic heterocycles. The largest absolute Gasteiger partial charge is 0.399 e. The number of carbonyl (C=O) groups is 1. The fourth-order valence-corrected chi connectivity index (χ4v) is 2.46. The summed E-state index contributed by atoms with van der Waals surface area (Å²) >= 11 is 0. The van der Waals surface area contributed by atoms with Crippen molar-refractivity contribution in [2.45, 2.75) is 32.7 Å². The van der Waals surface area contributed by atoms with Crippen molar-refractivity contribution in [3.8, 4) is 0 Å². The Bertz CT molecular complexity index is 640. The average Bonchev–Trinajstić information content (AvgIpc) is 2.53. The summed E-state index contributed by atoms with van der Waals surface area (Å²) in [6.45, 7) is 4.12. The van der Waals surface area contributed by atoms with Crippen LogP contribution in [-0.4, -0.2) is 17.9 Å². The lowest BCUT2D eigenvalue weighted by Gasteiger charge is -2.25. The van der Waals surface area contributed by atoms with E-state index < -0.39 is 0 Å². The average molecular weight is 333 g/mol. The molecular formula is C19H25ClN2O. The minimum atomic E-state index is 0.